The molecule has 1 aliphatic heterocycles. The van der Waals surface area contributed by atoms with Crippen molar-refractivity contribution in [2.24, 2.45) is 0 Å². The summed E-state index contributed by atoms with van der Waals surface area (Å²) in [6.07, 6.45) is -0.996. The summed E-state index contributed by atoms with van der Waals surface area (Å²) in [5.41, 5.74) is 0. The number of esters is 2. The number of hydrogen-bond acceptors (Lipinski definition) is 5. The molecule has 0 spiro atoms. The Morgan fingerprint density at radius 2 is 2.21 bits per heavy atom. The number of morpholine rings is 1. The Morgan fingerprint density at radius 3 is 2.79 bits per heavy atom. The maximum Gasteiger partial charge on any atom is 0.330 e. The standard InChI is InChI=1S/C8H11NO5/c1-4-7(11)9-5(8(12)14-4)3-6(10)13-2/h4-5H,3H2,1-2H3,(H,9,11). The summed E-state index contributed by atoms with van der Waals surface area (Å²) >= 11 is 0. The minimum atomic E-state index is -0.925. The number of rotatable bonds is 2. The molecule has 1 saturated heterocycles. The predicted molar refractivity (Wildman–Crippen MR) is 44.1 cm³/mol. The molecule has 78 valence electrons. The Balaban J connectivity index is 2.57. The number of ether oxygens (including phenoxy) is 2. The fourth-order valence-electron chi connectivity index (χ4n) is 1.04. The molecule has 0 saturated carbocycles. The van der Waals surface area contributed by atoms with Crippen LogP contribution in [0.15, 0.2) is 0 Å². The topological polar surface area (TPSA) is 81.7 Å². The van der Waals surface area contributed by atoms with Crippen LogP contribution < -0.4 is 5.32 Å². The summed E-state index contributed by atoms with van der Waals surface area (Å²) in [6, 6.07) is -0.925. The van der Waals surface area contributed by atoms with Gasteiger partial charge in [0.15, 0.2) is 6.10 Å². The first-order valence-corrected chi connectivity index (χ1v) is 4.12. The molecule has 2 unspecified atom stereocenters. The summed E-state index contributed by atoms with van der Waals surface area (Å²) < 4.78 is 9.06. The number of carbonyl (C=O) groups excluding carboxylic acids is 3. The molecule has 0 bridgehead atoms. The molecular formula is C8H11NO5. The molecule has 6 nitrogen and oxygen atoms in total. The van der Waals surface area contributed by atoms with Gasteiger partial charge in [-0.25, -0.2) is 4.79 Å². The zero-order valence-electron chi connectivity index (χ0n) is 7.90. The molecule has 0 aromatic carbocycles. The summed E-state index contributed by atoms with van der Waals surface area (Å²) in [6.45, 7) is 1.46. The van der Waals surface area contributed by atoms with E-state index in [-0.39, 0.29) is 6.42 Å². The van der Waals surface area contributed by atoms with Crippen LogP contribution >= 0.6 is 0 Å². The van der Waals surface area contributed by atoms with Crippen molar-refractivity contribution in [3.63, 3.8) is 0 Å². The number of carbonyl (C=O) groups is 3. The SMILES string of the molecule is COC(=O)CC1NC(=O)C(C)OC1=O. The first-order valence-electron chi connectivity index (χ1n) is 4.12. The van der Waals surface area contributed by atoms with Crippen molar-refractivity contribution in [3.05, 3.63) is 0 Å². The van der Waals surface area contributed by atoms with E-state index in [1.54, 1.807) is 0 Å². The van der Waals surface area contributed by atoms with Crippen LogP contribution in [-0.4, -0.2) is 37.1 Å². The van der Waals surface area contributed by atoms with Gasteiger partial charge in [0.2, 0.25) is 0 Å². The Hall–Kier alpha value is -1.59. The molecular weight excluding hydrogens is 190 g/mol. The van der Waals surface area contributed by atoms with Crippen LogP contribution in [0.1, 0.15) is 13.3 Å². The Kier molecular flexibility index (Phi) is 3.06. The van der Waals surface area contributed by atoms with Crippen molar-refractivity contribution in [2.45, 2.75) is 25.5 Å². The summed E-state index contributed by atoms with van der Waals surface area (Å²) in [7, 11) is 1.21. The van der Waals surface area contributed by atoms with E-state index in [0.717, 1.165) is 0 Å². The number of cyclic esters (lactones) is 1. The Bertz CT molecular complexity index is 273. The second kappa shape index (κ2) is 4.08. The van der Waals surface area contributed by atoms with E-state index < -0.39 is 30.0 Å². The Labute approximate surface area is 80.5 Å². The van der Waals surface area contributed by atoms with Crippen molar-refractivity contribution < 1.29 is 23.9 Å². The maximum absolute atomic E-state index is 11.2. The molecule has 2 atom stereocenters. The van der Waals surface area contributed by atoms with Crippen molar-refractivity contribution in [3.8, 4) is 0 Å². The second-order valence-corrected chi connectivity index (χ2v) is 2.92. The monoisotopic (exact) mass is 201 g/mol. The second-order valence-electron chi connectivity index (χ2n) is 2.92. The number of nitrogens with one attached hydrogen (secondary N) is 1. The van der Waals surface area contributed by atoms with E-state index in [1.165, 1.54) is 14.0 Å². The van der Waals surface area contributed by atoms with Gasteiger partial charge in [0.05, 0.1) is 13.5 Å². The van der Waals surface area contributed by atoms with E-state index in [2.05, 4.69) is 10.1 Å². The summed E-state index contributed by atoms with van der Waals surface area (Å²) in [5.74, 6) is -1.58. The lowest BCUT2D eigenvalue weighted by Gasteiger charge is -2.25. The number of amides is 1. The lowest BCUT2D eigenvalue weighted by atomic mass is 10.1. The smallest absolute Gasteiger partial charge is 0.330 e. The number of hydrogen-bond donors (Lipinski definition) is 1. The molecule has 1 N–H and O–H groups in total. The zero-order valence-corrected chi connectivity index (χ0v) is 7.90. The van der Waals surface area contributed by atoms with Crippen LogP contribution in [0.2, 0.25) is 0 Å². The molecule has 1 heterocycles. The van der Waals surface area contributed by atoms with Gasteiger partial charge in [0, 0.05) is 0 Å². The summed E-state index contributed by atoms with van der Waals surface area (Å²) in [5, 5.41) is 2.37. The van der Waals surface area contributed by atoms with Crippen LogP contribution in [0.4, 0.5) is 0 Å². The molecule has 6 heteroatoms. The molecule has 14 heavy (non-hydrogen) atoms. The maximum atomic E-state index is 11.2. The van der Waals surface area contributed by atoms with E-state index in [0.29, 0.717) is 0 Å². The first kappa shape index (κ1) is 10.5. The fourth-order valence-corrected chi connectivity index (χ4v) is 1.04. The van der Waals surface area contributed by atoms with E-state index >= 15 is 0 Å². The highest BCUT2D eigenvalue weighted by Gasteiger charge is 2.34. The van der Waals surface area contributed by atoms with Gasteiger partial charge in [0.25, 0.3) is 5.91 Å². The van der Waals surface area contributed by atoms with E-state index in [9.17, 15) is 14.4 Å². The molecule has 0 radical (unpaired) electrons. The average molecular weight is 201 g/mol. The average Bonchev–Trinajstić information content (AvgIpc) is 2.14. The largest absolute Gasteiger partial charge is 0.469 e. The molecule has 1 fully saturated rings. The molecule has 1 aliphatic rings. The molecule has 1 rings (SSSR count). The van der Waals surface area contributed by atoms with Crippen LogP contribution in [0.3, 0.4) is 0 Å². The fraction of sp³-hybridized carbons (Fsp3) is 0.625. The van der Waals surface area contributed by atoms with Crippen molar-refractivity contribution in [1.82, 2.24) is 5.32 Å². The van der Waals surface area contributed by atoms with Crippen LogP contribution in [0.5, 0.6) is 0 Å². The highest BCUT2D eigenvalue weighted by Crippen LogP contribution is 2.07. The molecule has 1 amide bonds. The van der Waals surface area contributed by atoms with Gasteiger partial charge >= 0.3 is 11.9 Å². The molecule has 0 aliphatic carbocycles. The zero-order chi connectivity index (χ0) is 10.7. The van der Waals surface area contributed by atoms with Crippen LogP contribution in [0, 0.1) is 0 Å². The number of methoxy groups -OCH3 is 1. The van der Waals surface area contributed by atoms with Gasteiger partial charge in [-0.1, -0.05) is 0 Å². The minimum Gasteiger partial charge on any atom is -0.469 e. The van der Waals surface area contributed by atoms with Crippen molar-refractivity contribution in [1.29, 1.82) is 0 Å². The molecule has 0 aromatic rings. The van der Waals surface area contributed by atoms with E-state index in [4.69, 9.17) is 4.74 Å². The van der Waals surface area contributed by atoms with Gasteiger partial charge in [-0.3, -0.25) is 9.59 Å². The minimum absolute atomic E-state index is 0.201. The Morgan fingerprint density at radius 1 is 1.57 bits per heavy atom. The quantitative estimate of drug-likeness (QED) is 0.578. The van der Waals surface area contributed by atoms with Gasteiger partial charge < -0.3 is 14.8 Å². The van der Waals surface area contributed by atoms with Gasteiger partial charge in [-0.2, -0.15) is 0 Å². The lowest BCUT2D eigenvalue weighted by Crippen LogP contribution is -2.53. The van der Waals surface area contributed by atoms with Gasteiger partial charge in [0.1, 0.15) is 6.04 Å². The lowest BCUT2D eigenvalue weighted by molar-refractivity contribution is -0.166. The highest BCUT2D eigenvalue weighted by molar-refractivity contribution is 5.94. The first-order chi connectivity index (χ1) is 6.54. The third-order valence-corrected chi connectivity index (χ3v) is 1.86. The van der Waals surface area contributed by atoms with Crippen LogP contribution in [0.25, 0.3) is 0 Å². The normalized spacial score (nSPS) is 26.4. The highest BCUT2D eigenvalue weighted by atomic mass is 16.6. The third-order valence-electron chi connectivity index (χ3n) is 1.86. The van der Waals surface area contributed by atoms with Gasteiger partial charge in [-0.05, 0) is 6.92 Å². The third kappa shape index (κ3) is 2.21. The van der Waals surface area contributed by atoms with Crippen molar-refractivity contribution in [2.75, 3.05) is 7.11 Å². The van der Waals surface area contributed by atoms with E-state index in [1.807, 2.05) is 0 Å². The van der Waals surface area contributed by atoms with Crippen molar-refractivity contribution >= 4 is 17.8 Å². The van der Waals surface area contributed by atoms with Crippen LogP contribution in [-0.2, 0) is 23.9 Å². The van der Waals surface area contributed by atoms with Gasteiger partial charge in [-0.15, -0.1) is 0 Å². The molecule has 0 aromatic heterocycles. The predicted octanol–water partition coefficient (Wildman–Crippen LogP) is -1.02. The summed E-state index contributed by atoms with van der Waals surface area (Å²) in [4.78, 5) is 33.1.